The van der Waals surface area contributed by atoms with Gasteiger partial charge in [-0.25, -0.2) is 4.72 Å². The van der Waals surface area contributed by atoms with Gasteiger partial charge in [0.05, 0.1) is 12.2 Å². The van der Waals surface area contributed by atoms with Crippen LogP contribution in [0, 0.1) is 0 Å². The molecule has 2 rings (SSSR count). The molecule has 0 aromatic carbocycles. The van der Waals surface area contributed by atoms with Crippen LogP contribution in [0.4, 0.5) is 0 Å². The van der Waals surface area contributed by atoms with Crippen LogP contribution >= 0.6 is 24.8 Å². The van der Waals surface area contributed by atoms with Gasteiger partial charge in [-0.3, -0.25) is 4.90 Å². The fourth-order valence-electron chi connectivity index (χ4n) is 2.69. The zero-order chi connectivity index (χ0) is 14.6. The van der Waals surface area contributed by atoms with Gasteiger partial charge in [0, 0.05) is 52.4 Å². The third-order valence-corrected chi connectivity index (χ3v) is 5.20. The van der Waals surface area contributed by atoms with E-state index in [1.165, 1.54) is 4.31 Å². The van der Waals surface area contributed by atoms with Crippen LogP contribution in [-0.4, -0.2) is 82.2 Å². The summed E-state index contributed by atoms with van der Waals surface area (Å²) in [4.78, 5) is 2.27. The highest BCUT2D eigenvalue weighted by molar-refractivity contribution is 7.87. The molecule has 0 aromatic heterocycles. The van der Waals surface area contributed by atoms with Crippen LogP contribution in [0.25, 0.3) is 0 Å². The SMILES string of the molecule is CC1CN(S(=O)(=O)NCCN2CCNCC2)CC(C)O1.Cl.Cl. The number of ether oxygens (including phenoxy) is 1. The Labute approximate surface area is 146 Å². The molecule has 22 heavy (non-hydrogen) atoms. The first-order valence-corrected chi connectivity index (χ1v) is 8.74. The first kappa shape index (κ1) is 22.3. The largest absolute Gasteiger partial charge is 0.373 e. The highest BCUT2D eigenvalue weighted by Gasteiger charge is 2.30. The zero-order valence-corrected chi connectivity index (χ0v) is 15.6. The molecule has 2 atom stereocenters. The molecule has 0 saturated carbocycles. The third-order valence-electron chi connectivity index (χ3n) is 3.65. The van der Waals surface area contributed by atoms with E-state index in [0.29, 0.717) is 19.6 Å². The van der Waals surface area contributed by atoms with E-state index in [1.54, 1.807) is 0 Å². The topological polar surface area (TPSA) is 73.9 Å². The molecule has 0 aromatic rings. The monoisotopic (exact) mass is 378 g/mol. The fraction of sp³-hybridized carbons (Fsp3) is 1.00. The molecule has 0 bridgehead atoms. The van der Waals surface area contributed by atoms with Crippen molar-refractivity contribution in [2.45, 2.75) is 26.1 Å². The van der Waals surface area contributed by atoms with Crippen molar-refractivity contribution in [1.82, 2.24) is 19.2 Å². The van der Waals surface area contributed by atoms with Gasteiger partial charge in [0.15, 0.2) is 0 Å². The quantitative estimate of drug-likeness (QED) is 0.685. The predicted octanol–water partition coefficient (Wildman–Crippen LogP) is -0.321. The van der Waals surface area contributed by atoms with Crippen molar-refractivity contribution >= 4 is 35.0 Å². The summed E-state index contributed by atoms with van der Waals surface area (Å²) in [7, 11) is -3.39. The molecule has 2 heterocycles. The van der Waals surface area contributed by atoms with Crippen molar-refractivity contribution in [3.63, 3.8) is 0 Å². The average molecular weight is 379 g/mol. The second-order valence-electron chi connectivity index (χ2n) is 5.57. The minimum absolute atomic E-state index is 0. The number of nitrogens with one attached hydrogen (secondary N) is 2. The van der Waals surface area contributed by atoms with Gasteiger partial charge in [0.25, 0.3) is 10.2 Å². The van der Waals surface area contributed by atoms with Crippen LogP contribution in [0.3, 0.4) is 0 Å². The molecular formula is C12H28Cl2N4O3S. The first-order valence-electron chi connectivity index (χ1n) is 7.30. The van der Waals surface area contributed by atoms with Crippen LogP contribution in [0.5, 0.6) is 0 Å². The summed E-state index contributed by atoms with van der Waals surface area (Å²) in [5.41, 5.74) is 0. The normalized spacial score (nSPS) is 27.7. The molecule has 2 fully saturated rings. The molecule has 2 N–H and O–H groups in total. The van der Waals surface area contributed by atoms with Gasteiger partial charge in [-0.15, -0.1) is 24.8 Å². The second-order valence-corrected chi connectivity index (χ2v) is 7.32. The van der Waals surface area contributed by atoms with Crippen LogP contribution in [0.15, 0.2) is 0 Å². The number of nitrogens with zero attached hydrogens (tertiary/aromatic N) is 2. The Morgan fingerprint density at radius 2 is 1.68 bits per heavy atom. The van der Waals surface area contributed by atoms with E-state index in [0.717, 1.165) is 32.7 Å². The van der Waals surface area contributed by atoms with Gasteiger partial charge in [-0.2, -0.15) is 12.7 Å². The lowest BCUT2D eigenvalue weighted by Crippen LogP contribution is -2.53. The van der Waals surface area contributed by atoms with E-state index in [2.05, 4.69) is 14.9 Å². The van der Waals surface area contributed by atoms with Gasteiger partial charge in [0.1, 0.15) is 0 Å². The Kier molecular flexibility index (Phi) is 10.4. The van der Waals surface area contributed by atoms with Crippen molar-refractivity contribution < 1.29 is 13.2 Å². The number of piperazine rings is 1. The van der Waals surface area contributed by atoms with Gasteiger partial charge in [-0.1, -0.05) is 0 Å². The zero-order valence-electron chi connectivity index (χ0n) is 13.2. The standard InChI is InChI=1S/C12H26N4O3S.2ClH/c1-11-9-16(10-12(2)19-11)20(17,18)14-5-8-15-6-3-13-4-7-15;;/h11-14H,3-10H2,1-2H3;2*1H. The van der Waals surface area contributed by atoms with E-state index in [1.807, 2.05) is 13.8 Å². The van der Waals surface area contributed by atoms with Crippen LogP contribution in [0.2, 0.25) is 0 Å². The summed E-state index contributed by atoms with van der Waals surface area (Å²) in [6, 6.07) is 0. The summed E-state index contributed by atoms with van der Waals surface area (Å²) in [6.45, 7) is 9.79. The van der Waals surface area contributed by atoms with Gasteiger partial charge >= 0.3 is 0 Å². The Morgan fingerprint density at radius 1 is 1.14 bits per heavy atom. The Bertz CT molecular complexity index is 397. The summed E-state index contributed by atoms with van der Waals surface area (Å²) in [5, 5.41) is 3.28. The molecule has 2 aliphatic rings. The molecular weight excluding hydrogens is 351 g/mol. The van der Waals surface area contributed by atoms with Gasteiger partial charge < -0.3 is 10.1 Å². The molecule has 134 valence electrons. The smallest absolute Gasteiger partial charge is 0.279 e. The lowest BCUT2D eigenvalue weighted by molar-refractivity contribution is -0.0443. The van der Waals surface area contributed by atoms with E-state index < -0.39 is 10.2 Å². The summed E-state index contributed by atoms with van der Waals surface area (Å²) in [6.07, 6.45) is -0.105. The lowest BCUT2D eigenvalue weighted by Gasteiger charge is -2.34. The summed E-state index contributed by atoms with van der Waals surface area (Å²) < 4.78 is 34.2. The average Bonchev–Trinajstić information content (AvgIpc) is 2.38. The van der Waals surface area contributed by atoms with Crippen LogP contribution < -0.4 is 10.0 Å². The predicted molar refractivity (Wildman–Crippen MR) is 92.3 cm³/mol. The fourth-order valence-corrected chi connectivity index (χ4v) is 4.03. The van der Waals surface area contributed by atoms with Crippen molar-refractivity contribution in [1.29, 1.82) is 0 Å². The van der Waals surface area contributed by atoms with Crippen molar-refractivity contribution in [2.75, 3.05) is 52.4 Å². The summed E-state index contributed by atoms with van der Waals surface area (Å²) >= 11 is 0. The highest BCUT2D eigenvalue weighted by Crippen LogP contribution is 2.13. The Morgan fingerprint density at radius 3 is 2.23 bits per heavy atom. The molecule has 0 aliphatic carbocycles. The molecule has 0 radical (unpaired) electrons. The Balaban J connectivity index is 0.00000220. The molecule has 0 spiro atoms. The number of halogens is 2. The Hall–Kier alpha value is 0.330. The maximum absolute atomic E-state index is 12.2. The van der Waals surface area contributed by atoms with Crippen LogP contribution in [0.1, 0.15) is 13.8 Å². The van der Waals surface area contributed by atoms with E-state index in [4.69, 9.17) is 4.74 Å². The number of morpholine rings is 1. The summed E-state index contributed by atoms with van der Waals surface area (Å²) in [5.74, 6) is 0. The maximum atomic E-state index is 12.2. The highest BCUT2D eigenvalue weighted by atomic mass is 35.5. The molecule has 2 aliphatic heterocycles. The van der Waals surface area contributed by atoms with E-state index in [-0.39, 0.29) is 37.0 Å². The third kappa shape index (κ3) is 6.84. The van der Waals surface area contributed by atoms with Crippen LogP contribution in [-0.2, 0) is 14.9 Å². The number of rotatable bonds is 5. The molecule has 10 heteroatoms. The molecule has 0 amide bonds. The molecule has 7 nitrogen and oxygen atoms in total. The number of hydrogen-bond donors (Lipinski definition) is 2. The lowest BCUT2D eigenvalue weighted by atomic mass is 10.3. The minimum atomic E-state index is -3.39. The second kappa shape index (κ2) is 10.2. The first-order chi connectivity index (χ1) is 9.47. The van der Waals surface area contributed by atoms with Crippen molar-refractivity contribution in [3.8, 4) is 0 Å². The number of hydrogen-bond acceptors (Lipinski definition) is 5. The maximum Gasteiger partial charge on any atom is 0.279 e. The van der Waals surface area contributed by atoms with Gasteiger partial charge in [0.2, 0.25) is 0 Å². The van der Waals surface area contributed by atoms with E-state index in [9.17, 15) is 8.42 Å². The van der Waals surface area contributed by atoms with Gasteiger partial charge in [-0.05, 0) is 13.8 Å². The van der Waals surface area contributed by atoms with Crippen molar-refractivity contribution in [2.24, 2.45) is 0 Å². The molecule has 2 saturated heterocycles. The van der Waals surface area contributed by atoms with E-state index >= 15 is 0 Å². The minimum Gasteiger partial charge on any atom is -0.373 e. The molecule has 2 unspecified atom stereocenters. The van der Waals surface area contributed by atoms with Crippen molar-refractivity contribution in [3.05, 3.63) is 0 Å².